The number of rotatable bonds is 5. The number of halogens is 5. The maximum atomic E-state index is 16.7. The molecule has 3 aromatic heterocycles. The van der Waals surface area contributed by atoms with Gasteiger partial charge in [-0.15, -0.1) is 0 Å². The van der Waals surface area contributed by atoms with Gasteiger partial charge in [-0.25, -0.2) is 17.6 Å². The average molecular weight is 617 g/mol. The van der Waals surface area contributed by atoms with Gasteiger partial charge in [0.1, 0.15) is 41.7 Å². The normalized spacial score (nSPS) is 29.7. The van der Waals surface area contributed by atoms with Crippen molar-refractivity contribution in [3.8, 4) is 17.3 Å². The summed E-state index contributed by atoms with van der Waals surface area (Å²) < 4.78 is 90.0. The molecule has 4 aliphatic rings. The van der Waals surface area contributed by atoms with Crippen molar-refractivity contribution < 1.29 is 29.8 Å². The largest absolute Gasteiger partial charge is 0.461 e. The molecule has 6 heterocycles. The lowest BCUT2D eigenvalue weighted by molar-refractivity contribution is 0.107. The zero-order valence-corrected chi connectivity index (χ0v) is 23.5. The van der Waals surface area contributed by atoms with Crippen LogP contribution in [-0.2, 0) is 4.74 Å². The van der Waals surface area contributed by atoms with Crippen LogP contribution < -0.4 is 9.64 Å². The third-order valence-electron chi connectivity index (χ3n) is 9.10. The molecule has 1 aliphatic carbocycles. The van der Waals surface area contributed by atoms with E-state index in [1.165, 1.54) is 30.7 Å². The standard InChI is InChI=1S/C30H27ClF4N6O2/c31-22-20(33)3-2-15-9-36-10-17(21(15)22)25-24(35)26-18(11-37-25)28(41-6-7-42-13-19-23(34)27(19)41)39-29(38-26)43-14-30-4-1-5-40(30)12-16(32)8-30/h2-3,9-11,16,19,23,27H,1,4-8,12-14H2/t16-,19+,23+,27+,30+/m1/s1/i14D2. The van der Waals surface area contributed by atoms with Gasteiger partial charge in [0, 0.05) is 60.4 Å². The number of alkyl halides is 2. The number of fused-ring (bicyclic) bond motifs is 4. The Morgan fingerprint density at radius 1 is 1.16 bits per heavy atom. The van der Waals surface area contributed by atoms with Gasteiger partial charge in [0.25, 0.3) is 0 Å². The average Bonchev–Trinajstić information content (AvgIpc) is 3.37. The van der Waals surface area contributed by atoms with E-state index < -0.39 is 54.0 Å². The lowest BCUT2D eigenvalue weighted by Crippen LogP contribution is -2.43. The molecule has 3 aliphatic heterocycles. The first-order chi connectivity index (χ1) is 21.6. The Morgan fingerprint density at radius 3 is 2.93 bits per heavy atom. The van der Waals surface area contributed by atoms with Crippen LogP contribution in [0.3, 0.4) is 0 Å². The molecule has 3 saturated heterocycles. The van der Waals surface area contributed by atoms with Gasteiger partial charge in [-0.3, -0.25) is 14.9 Å². The molecule has 1 aromatic carbocycles. The van der Waals surface area contributed by atoms with E-state index in [1.54, 1.807) is 9.80 Å². The van der Waals surface area contributed by atoms with Crippen LogP contribution in [0.15, 0.2) is 30.7 Å². The summed E-state index contributed by atoms with van der Waals surface area (Å²) in [6, 6.07) is 1.58. The van der Waals surface area contributed by atoms with Crippen LogP contribution in [0.2, 0.25) is 5.02 Å². The minimum Gasteiger partial charge on any atom is -0.461 e. The van der Waals surface area contributed by atoms with Crippen LogP contribution in [0.4, 0.5) is 23.4 Å². The lowest BCUT2D eigenvalue weighted by Gasteiger charge is -2.31. The highest BCUT2D eigenvalue weighted by Crippen LogP contribution is 2.45. The second-order valence-corrected chi connectivity index (χ2v) is 12.0. The highest BCUT2D eigenvalue weighted by molar-refractivity contribution is 6.36. The summed E-state index contributed by atoms with van der Waals surface area (Å²) in [4.78, 5) is 20.8. The maximum absolute atomic E-state index is 16.7. The number of anilines is 1. The quantitative estimate of drug-likeness (QED) is 0.280. The van der Waals surface area contributed by atoms with Gasteiger partial charge in [0.15, 0.2) is 5.82 Å². The third-order valence-corrected chi connectivity index (χ3v) is 9.47. The zero-order chi connectivity index (χ0) is 31.2. The van der Waals surface area contributed by atoms with E-state index in [0.717, 1.165) is 0 Å². The van der Waals surface area contributed by atoms with Crippen molar-refractivity contribution >= 4 is 39.1 Å². The fourth-order valence-corrected chi connectivity index (χ4v) is 7.22. The molecular formula is C30H27ClF4N6O2. The Bertz CT molecular complexity index is 1860. The van der Waals surface area contributed by atoms with Crippen molar-refractivity contribution in [3.05, 3.63) is 47.4 Å². The van der Waals surface area contributed by atoms with E-state index in [9.17, 15) is 13.2 Å². The fourth-order valence-electron chi connectivity index (χ4n) is 6.94. The highest BCUT2D eigenvalue weighted by atomic mass is 35.5. The molecule has 0 amide bonds. The molecule has 1 saturated carbocycles. The topological polar surface area (TPSA) is 76.5 Å². The third kappa shape index (κ3) is 4.32. The molecule has 0 radical (unpaired) electrons. The van der Waals surface area contributed by atoms with Crippen molar-refractivity contribution in [1.82, 2.24) is 24.8 Å². The van der Waals surface area contributed by atoms with Crippen LogP contribution in [0.5, 0.6) is 6.01 Å². The molecule has 13 heteroatoms. The summed E-state index contributed by atoms with van der Waals surface area (Å²) in [5, 5.41) is 0.572. The first-order valence-corrected chi connectivity index (χ1v) is 14.6. The second kappa shape index (κ2) is 10.1. The summed E-state index contributed by atoms with van der Waals surface area (Å²) in [5.74, 6) is -1.93. The summed E-state index contributed by atoms with van der Waals surface area (Å²) in [5.41, 5.74) is -1.63. The number of nitrogens with zero attached hydrogens (tertiary/aromatic N) is 6. The molecule has 0 bridgehead atoms. The Labute approximate surface area is 251 Å². The van der Waals surface area contributed by atoms with Crippen LogP contribution >= 0.6 is 11.6 Å². The molecule has 4 fully saturated rings. The molecule has 0 spiro atoms. The predicted molar refractivity (Wildman–Crippen MR) is 152 cm³/mol. The van der Waals surface area contributed by atoms with Gasteiger partial charge in [-0.05, 0) is 31.5 Å². The molecule has 8 nitrogen and oxygen atoms in total. The van der Waals surface area contributed by atoms with Crippen molar-refractivity contribution in [1.29, 1.82) is 0 Å². The minimum absolute atomic E-state index is 0.0645. The molecule has 43 heavy (non-hydrogen) atoms. The van der Waals surface area contributed by atoms with Gasteiger partial charge < -0.3 is 14.4 Å². The first kappa shape index (κ1) is 25.0. The molecule has 8 rings (SSSR count). The molecule has 224 valence electrons. The summed E-state index contributed by atoms with van der Waals surface area (Å²) in [6.07, 6.45) is 2.67. The maximum Gasteiger partial charge on any atom is 0.319 e. The van der Waals surface area contributed by atoms with E-state index >= 15 is 4.39 Å². The van der Waals surface area contributed by atoms with E-state index in [1.807, 2.05) is 0 Å². The Balaban J connectivity index is 1.30. The number of hydrogen-bond donors (Lipinski definition) is 0. The van der Waals surface area contributed by atoms with E-state index in [4.69, 9.17) is 23.8 Å². The Kier molecular flexibility index (Phi) is 5.88. The number of hydrogen-bond acceptors (Lipinski definition) is 8. The van der Waals surface area contributed by atoms with Crippen molar-refractivity contribution in [3.63, 3.8) is 0 Å². The van der Waals surface area contributed by atoms with Gasteiger partial charge in [-0.1, -0.05) is 11.6 Å². The number of pyridine rings is 2. The minimum atomic E-state index is -2.45. The van der Waals surface area contributed by atoms with Gasteiger partial charge in [-0.2, -0.15) is 9.97 Å². The predicted octanol–water partition coefficient (Wildman–Crippen LogP) is 5.30. The van der Waals surface area contributed by atoms with Crippen LogP contribution in [0, 0.1) is 17.6 Å². The van der Waals surface area contributed by atoms with Gasteiger partial charge >= 0.3 is 6.01 Å². The van der Waals surface area contributed by atoms with Crippen molar-refractivity contribution in [2.45, 2.75) is 43.2 Å². The molecular weight excluding hydrogens is 588 g/mol. The first-order valence-electron chi connectivity index (χ1n) is 15.2. The summed E-state index contributed by atoms with van der Waals surface area (Å²) in [7, 11) is 0. The zero-order valence-electron chi connectivity index (χ0n) is 24.7. The lowest BCUT2D eigenvalue weighted by atomic mass is 9.95. The fraction of sp³-hybridized carbons (Fsp3) is 0.467. The van der Waals surface area contributed by atoms with Crippen LogP contribution in [0.25, 0.3) is 32.9 Å². The Hall–Kier alpha value is -3.35. The number of benzene rings is 1. The highest BCUT2D eigenvalue weighted by Gasteiger charge is 2.56. The van der Waals surface area contributed by atoms with Crippen molar-refractivity contribution in [2.24, 2.45) is 5.92 Å². The van der Waals surface area contributed by atoms with E-state index in [0.29, 0.717) is 24.8 Å². The Morgan fingerprint density at radius 2 is 2.05 bits per heavy atom. The SMILES string of the molecule is [2H]C([2H])(Oc1nc(N2CCOC[C@H]3[C@H](F)[C@H]32)c2cnc(-c3cncc4ccc(F)c(Cl)c34)c(F)c2n1)[C@@]12CCCN1C[C@H](F)C2. The number of aromatic nitrogens is 4. The second-order valence-electron chi connectivity index (χ2n) is 11.6. The molecule has 4 aromatic rings. The van der Waals surface area contributed by atoms with E-state index in [-0.39, 0.29) is 71.1 Å². The monoisotopic (exact) mass is 616 g/mol. The number of ether oxygens (including phenoxy) is 2. The molecule has 0 unspecified atom stereocenters. The smallest absolute Gasteiger partial charge is 0.319 e. The molecule has 5 atom stereocenters. The summed E-state index contributed by atoms with van der Waals surface area (Å²) in [6.45, 7) is -1.12. The summed E-state index contributed by atoms with van der Waals surface area (Å²) >= 11 is 6.32. The molecule has 0 N–H and O–H groups in total. The van der Waals surface area contributed by atoms with Crippen LogP contribution in [-0.4, -0.2) is 88.2 Å². The van der Waals surface area contributed by atoms with Crippen molar-refractivity contribution in [2.75, 3.05) is 44.3 Å². The van der Waals surface area contributed by atoms with Crippen LogP contribution in [0.1, 0.15) is 22.0 Å². The van der Waals surface area contributed by atoms with Gasteiger partial charge in [0.05, 0.1) is 37.9 Å². The van der Waals surface area contributed by atoms with E-state index in [2.05, 4.69) is 19.9 Å². The van der Waals surface area contributed by atoms with Gasteiger partial charge in [0.2, 0.25) is 0 Å².